The van der Waals surface area contributed by atoms with Crippen LogP contribution >= 0.6 is 0 Å². The van der Waals surface area contributed by atoms with Crippen molar-refractivity contribution in [2.45, 2.75) is 43.2 Å². The lowest BCUT2D eigenvalue weighted by atomic mass is 9.73. The van der Waals surface area contributed by atoms with E-state index in [1.807, 2.05) is 6.92 Å². The van der Waals surface area contributed by atoms with E-state index in [4.69, 9.17) is 0 Å². The van der Waals surface area contributed by atoms with E-state index < -0.39 is 16.1 Å². The average molecular weight is 373 g/mol. The minimum atomic E-state index is -3.75. The molecule has 6 heteroatoms. The van der Waals surface area contributed by atoms with Crippen molar-refractivity contribution in [1.82, 2.24) is 4.31 Å². The molecule has 3 fully saturated rings. The quantitative estimate of drug-likeness (QED) is 0.826. The van der Waals surface area contributed by atoms with Crippen LogP contribution in [0.25, 0.3) is 0 Å². The third-order valence-electron chi connectivity index (χ3n) is 5.48. The largest absolute Gasteiger partial charge is 0.299 e. The van der Waals surface area contributed by atoms with Crippen molar-refractivity contribution in [3.63, 3.8) is 0 Å². The molecule has 0 spiro atoms. The minimum absolute atomic E-state index is 0.103. The van der Waals surface area contributed by atoms with Crippen LogP contribution in [0.2, 0.25) is 0 Å². The van der Waals surface area contributed by atoms with Crippen LogP contribution in [0.15, 0.2) is 53.4 Å². The second-order valence-electron chi connectivity index (χ2n) is 7.15. The highest BCUT2D eigenvalue weighted by Gasteiger charge is 2.52. The van der Waals surface area contributed by atoms with Gasteiger partial charge in [-0.1, -0.05) is 29.8 Å². The van der Waals surface area contributed by atoms with Gasteiger partial charge in [0.15, 0.2) is 0 Å². The van der Waals surface area contributed by atoms with Crippen LogP contribution in [0.5, 0.6) is 0 Å². The molecule has 3 atom stereocenters. The first-order chi connectivity index (χ1) is 12.4. The van der Waals surface area contributed by atoms with Gasteiger partial charge < -0.3 is 0 Å². The van der Waals surface area contributed by atoms with Crippen LogP contribution in [-0.4, -0.2) is 24.5 Å². The van der Waals surface area contributed by atoms with Crippen LogP contribution in [0, 0.1) is 18.7 Å². The molecule has 26 heavy (non-hydrogen) atoms. The maximum Gasteiger partial charge on any atom is 0.243 e. The fraction of sp³-hybridized carbons (Fsp3) is 0.350. The maximum atomic E-state index is 13.4. The van der Waals surface area contributed by atoms with E-state index in [2.05, 4.69) is 0 Å². The van der Waals surface area contributed by atoms with Crippen molar-refractivity contribution in [2.75, 3.05) is 0 Å². The van der Waals surface area contributed by atoms with Gasteiger partial charge in [0, 0.05) is 18.4 Å². The molecule has 2 aliphatic heterocycles. The first-order valence-corrected chi connectivity index (χ1v) is 10.2. The second kappa shape index (κ2) is 6.28. The number of sulfonamides is 1. The van der Waals surface area contributed by atoms with E-state index >= 15 is 0 Å². The highest BCUT2D eigenvalue weighted by Crippen LogP contribution is 2.48. The number of nitrogens with zero attached hydrogens (tertiary/aromatic N) is 1. The average Bonchev–Trinajstić information content (AvgIpc) is 2.62. The van der Waals surface area contributed by atoms with E-state index in [9.17, 15) is 17.6 Å². The third kappa shape index (κ3) is 2.77. The number of ketones is 1. The monoisotopic (exact) mass is 373 g/mol. The fourth-order valence-electron chi connectivity index (χ4n) is 4.19. The number of carbonyl (C=O) groups is 1. The zero-order valence-corrected chi connectivity index (χ0v) is 15.2. The lowest BCUT2D eigenvalue weighted by Crippen LogP contribution is -2.56. The van der Waals surface area contributed by atoms with E-state index in [1.165, 1.54) is 16.4 Å². The fourth-order valence-corrected chi connectivity index (χ4v) is 6.05. The van der Waals surface area contributed by atoms with E-state index in [0.29, 0.717) is 18.4 Å². The lowest BCUT2D eigenvalue weighted by Gasteiger charge is -2.49. The zero-order chi connectivity index (χ0) is 18.5. The number of carbonyl (C=O) groups excluding carboxylic acids is 1. The number of hydrogen-bond donors (Lipinski definition) is 0. The molecule has 1 saturated carbocycles. The highest BCUT2D eigenvalue weighted by atomic mass is 32.2. The van der Waals surface area contributed by atoms with Gasteiger partial charge in [0.05, 0.1) is 10.9 Å². The molecule has 0 N–H and O–H groups in total. The number of rotatable bonds is 3. The Morgan fingerprint density at radius 1 is 1.00 bits per heavy atom. The Kier molecular flexibility index (Phi) is 4.20. The van der Waals surface area contributed by atoms with Gasteiger partial charge in [-0.15, -0.1) is 0 Å². The van der Waals surface area contributed by atoms with Crippen LogP contribution in [0.3, 0.4) is 0 Å². The molecule has 2 heterocycles. The maximum absolute atomic E-state index is 13.4. The van der Waals surface area contributed by atoms with Crippen LogP contribution in [0.1, 0.15) is 36.4 Å². The molecule has 2 aromatic carbocycles. The van der Waals surface area contributed by atoms with Gasteiger partial charge in [0.25, 0.3) is 0 Å². The number of benzene rings is 2. The topological polar surface area (TPSA) is 54.5 Å². The van der Waals surface area contributed by atoms with Crippen LogP contribution in [-0.2, 0) is 14.8 Å². The van der Waals surface area contributed by atoms with Crippen molar-refractivity contribution in [1.29, 1.82) is 0 Å². The number of fused-ring (bicyclic) bond motifs is 3. The molecule has 2 bridgehead atoms. The van der Waals surface area contributed by atoms with Crippen molar-refractivity contribution < 1.29 is 17.6 Å². The van der Waals surface area contributed by atoms with Gasteiger partial charge in [0.2, 0.25) is 10.0 Å². The Morgan fingerprint density at radius 3 is 2.27 bits per heavy atom. The predicted octanol–water partition coefficient (Wildman–Crippen LogP) is 3.62. The van der Waals surface area contributed by atoms with Crippen molar-refractivity contribution in [3.05, 3.63) is 65.5 Å². The molecule has 1 aliphatic carbocycles. The summed E-state index contributed by atoms with van der Waals surface area (Å²) in [7, 11) is -3.75. The number of hydrogen-bond acceptors (Lipinski definition) is 3. The van der Waals surface area contributed by atoms with E-state index in [0.717, 1.165) is 5.56 Å². The molecule has 0 amide bonds. The summed E-state index contributed by atoms with van der Waals surface area (Å²) in [5.41, 5.74) is 1.65. The minimum Gasteiger partial charge on any atom is -0.299 e. The van der Waals surface area contributed by atoms with Crippen LogP contribution in [0.4, 0.5) is 4.39 Å². The van der Waals surface area contributed by atoms with E-state index in [-0.39, 0.29) is 34.9 Å². The first kappa shape index (κ1) is 17.4. The SMILES string of the molecule is Cc1ccc(S(=O)(=O)N2[C@@H]3CC[C@@H](C(=O)C3)[C@@H]2c2ccc(F)cc2)cc1. The van der Waals surface area contributed by atoms with Gasteiger partial charge in [-0.2, -0.15) is 4.31 Å². The smallest absolute Gasteiger partial charge is 0.243 e. The summed E-state index contributed by atoms with van der Waals surface area (Å²) in [6, 6.07) is 11.7. The summed E-state index contributed by atoms with van der Waals surface area (Å²) in [5, 5.41) is 0. The molecule has 4 nitrogen and oxygen atoms in total. The Balaban J connectivity index is 1.82. The molecule has 2 saturated heterocycles. The molecule has 3 aliphatic rings. The molecule has 2 aromatic rings. The van der Waals surface area contributed by atoms with Crippen LogP contribution < -0.4 is 0 Å². The Bertz CT molecular complexity index is 938. The second-order valence-corrected chi connectivity index (χ2v) is 9.00. The zero-order valence-electron chi connectivity index (χ0n) is 14.4. The van der Waals surface area contributed by atoms with Crippen molar-refractivity contribution in [2.24, 2.45) is 5.92 Å². The normalized spacial score (nSPS) is 26.2. The molecule has 0 aromatic heterocycles. The Hall–Kier alpha value is -2.05. The van der Waals surface area contributed by atoms with Gasteiger partial charge in [0.1, 0.15) is 11.6 Å². The third-order valence-corrected chi connectivity index (χ3v) is 7.43. The van der Waals surface area contributed by atoms with Gasteiger partial charge in [-0.05, 0) is 49.6 Å². The van der Waals surface area contributed by atoms with Crippen molar-refractivity contribution in [3.8, 4) is 0 Å². The standard InChI is InChI=1S/C20H20FNO3S/c1-13-2-9-17(10-3-13)26(24,25)22-16-8-11-18(19(23)12-16)20(22)14-4-6-15(21)7-5-14/h2-7,9-10,16,18,20H,8,11-12H2,1H3/t16-,18+,20+/m1/s1. The first-order valence-electron chi connectivity index (χ1n) is 8.76. The lowest BCUT2D eigenvalue weighted by molar-refractivity contribution is -0.133. The van der Waals surface area contributed by atoms with Gasteiger partial charge >= 0.3 is 0 Å². The molecular formula is C20H20FNO3S. The predicted molar refractivity (Wildman–Crippen MR) is 95.5 cm³/mol. The number of halogens is 1. The summed E-state index contributed by atoms with van der Waals surface area (Å²) in [4.78, 5) is 12.7. The van der Waals surface area contributed by atoms with E-state index in [1.54, 1.807) is 36.4 Å². The molecule has 0 unspecified atom stereocenters. The number of aryl methyl sites for hydroxylation is 1. The molecule has 0 radical (unpaired) electrons. The number of Topliss-reactive ketones (excluding diaryl/α,β-unsaturated/α-hetero) is 1. The Morgan fingerprint density at radius 2 is 1.65 bits per heavy atom. The van der Waals surface area contributed by atoms with Gasteiger partial charge in [-0.25, -0.2) is 12.8 Å². The summed E-state index contributed by atoms with van der Waals surface area (Å²) < 4.78 is 41.6. The summed E-state index contributed by atoms with van der Waals surface area (Å²) >= 11 is 0. The summed E-state index contributed by atoms with van der Waals surface area (Å²) in [6.07, 6.45) is 1.61. The molecule has 5 rings (SSSR count). The molecular weight excluding hydrogens is 353 g/mol. The summed E-state index contributed by atoms with van der Waals surface area (Å²) in [6.45, 7) is 1.90. The molecule has 136 valence electrons. The Labute approximate surface area is 152 Å². The van der Waals surface area contributed by atoms with Gasteiger partial charge in [-0.3, -0.25) is 4.79 Å². The highest BCUT2D eigenvalue weighted by molar-refractivity contribution is 7.89. The number of piperidine rings is 2. The summed E-state index contributed by atoms with van der Waals surface area (Å²) in [5.74, 6) is -0.648. The van der Waals surface area contributed by atoms with Crippen molar-refractivity contribution >= 4 is 15.8 Å².